The minimum absolute atomic E-state index is 0.268. The summed E-state index contributed by atoms with van der Waals surface area (Å²) in [5.41, 5.74) is 5.11. The van der Waals surface area contributed by atoms with Gasteiger partial charge >= 0.3 is 0 Å². The van der Waals surface area contributed by atoms with Crippen molar-refractivity contribution in [2.45, 2.75) is 19.8 Å². The molecule has 0 aliphatic heterocycles. The van der Waals surface area contributed by atoms with Gasteiger partial charge in [-0.2, -0.15) is 0 Å². The molecule has 2 aromatic rings. The standard InChI is InChI=1S/C23H29N3O7/c1-5-6-11-33-18-10-8-16(13-20(18)32-4)23(29)26-25-21(27)14-24-22(28)15-7-9-17(30-2)19(12-15)31-3/h7-10,12-13H,5-6,11,14H2,1-4H3,(H,24,28)(H,25,27)(H,26,29). The molecule has 0 bridgehead atoms. The quantitative estimate of drug-likeness (QED) is 0.347. The normalized spacial score (nSPS) is 10.1. The smallest absolute Gasteiger partial charge is 0.269 e. The molecule has 0 fully saturated rings. The number of rotatable bonds is 11. The van der Waals surface area contributed by atoms with Gasteiger partial charge in [-0.15, -0.1) is 0 Å². The van der Waals surface area contributed by atoms with Crippen molar-refractivity contribution in [3.05, 3.63) is 47.5 Å². The first-order chi connectivity index (χ1) is 15.9. The van der Waals surface area contributed by atoms with Gasteiger partial charge in [-0.05, 0) is 42.8 Å². The van der Waals surface area contributed by atoms with E-state index in [1.54, 1.807) is 24.3 Å². The van der Waals surface area contributed by atoms with E-state index in [0.29, 0.717) is 29.6 Å². The maximum absolute atomic E-state index is 12.3. The van der Waals surface area contributed by atoms with Crippen LogP contribution in [-0.4, -0.2) is 52.2 Å². The molecule has 0 atom stereocenters. The average Bonchev–Trinajstić information content (AvgIpc) is 2.85. The Kier molecular flexibility index (Phi) is 9.81. The second-order valence-electron chi connectivity index (χ2n) is 6.82. The Morgan fingerprint density at radius 2 is 1.33 bits per heavy atom. The van der Waals surface area contributed by atoms with Gasteiger partial charge < -0.3 is 24.3 Å². The second-order valence-corrected chi connectivity index (χ2v) is 6.82. The van der Waals surface area contributed by atoms with Gasteiger partial charge in [-0.3, -0.25) is 25.2 Å². The third kappa shape index (κ3) is 7.30. The Morgan fingerprint density at radius 3 is 1.94 bits per heavy atom. The second kappa shape index (κ2) is 12.8. The fourth-order valence-corrected chi connectivity index (χ4v) is 2.74. The Morgan fingerprint density at radius 1 is 0.758 bits per heavy atom. The molecule has 0 aromatic heterocycles. The largest absolute Gasteiger partial charge is 0.493 e. The summed E-state index contributed by atoms with van der Waals surface area (Å²) in [4.78, 5) is 36.6. The van der Waals surface area contributed by atoms with Crippen LogP contribution in [-0.2, 0) is 4.79 Å². The highest BCUT2D eigenvalue weighted by molar-refractivity contribution is 5.98. The molecule has 0 radical (unpaired) electrons. The molecule has 33 heavy (non-hydrogen) atoms. The van der Waals surface area contributed by atoms with Gasteiger partial charge in [0, 0.05) is 11.1 Å². The van der Waals surface area contributed by atoms with Gasteiger partial charge in [-0.25, -0.2) is 0 Å². The molecule has 2 aromatic carbocycles. The molecule has 0 saturated heterocycles. The molecular weight excluding hydrogens is 430 g/mol. The van der Waals surface area contributed by atoms with Crippen molar-refractivity contribution in [3.8, 4) is 23.0 Å². The minimum atomic E-state index is -0.608. The summed E-state index contributed by atoms with van der Waals surface area (Å²) in [6.45, 7) is 2.26. The third-order valence-electron chi connectivity index (χ3n) is 4.55. The minimum Gasteiger partial charge on any atom is -0.493 e. The molecule has 0 saturated carbocycles. The van der Waals surface area contributed by atoms with E-state index in [0.717, 1.165) is 12.8 Å². The lowest BCUT2D eigenvalue weighted by molar-refractivity contribution is -0.120. The molecule has 10 nitrogen and oxygen atoms in total. The Hall–Kier alpha value is -3.95. The maximum atomic E-state index is 12.3. The number of hydrogen-bond donors (Lipinski definition) is 3. The van der Waals surface area contributed by atoms with Crippen molar-refractivity contribution in [2.24, 2.45) is 0 Å². The van der Waals surface area contributed by atoms with Gasteiger partial charge in [0.1, 0.15) is 0 Å². The number of ether oxygens (including phenoxy) is 4. The maximum Gasteiger partial charge on any atom is 0.269 e. The summed E-state index contributed by atoms with van der Waals surface area (Å²) in [7, 11) is 4.42. The lowest BCUT2D eigenvalue weighted by Gasteiger charge is -2.13. The highest BCUT2D eigenvalue weighted by Crippen LogP contribution is 2.28. The van der Waals surface area contributed by atoms with Crippen LogP contribution in [0.4, 0.5) is 0 Å². The van der Waals surface area contributed by atoms with Crippen LogP contribution in [0.3, 0.4) is 0 Å². The topological polar surface area (TPSA) is 124 Å². The lowest BCUT2D eigenvalue weighted by atomic mass is 10.2. The SMILES string of the molecule is CCCCOc1ccc(C(=O)NNC(=O)CNC(=O)c2ccc(OC)c(OC)c2)cc1OC. The van der Waals surface area contributed by atoms with E-state index in [1.807, 2.05) is 0 Å². The van der Waals surface area contributed by atoms with Gasteiger partial charge in [-0.1, -0.05) is 13.3 Å². The van der Waals surface area contributed by atoms with Crippen molar-refractivity contribution in [1.82, 2.24) is 16.2 Å². The summed E-state index contributed by atoms with van der Waals surface area (Å²) >= 11 is 0. The van der Waals surface area contributed by atoms with E-state index in [2.05, 4.69) is 23.1 Å². The third-order valence-corrected chi connectivity index (χ3v) is 4.55. The van der Waals surface area contributed by atoms with Crippen molar-refractivity contribution in [1.29, 1.82) is 0 Å². The molecule has 0 aliphatic rings. The summed E-state index contributed by atoms with van der Waals surface area (Å²) in [5.74, 6) is 0.167. The van der Waals surface area contributed by atoms with E-state index in [-0.39, 0.29) is 17.7 Å². The molecule has 178 valence electrons. The highest BCUT2D eigenvalue weighted by atomic mass is 16.5. The Bertz CT molecular complexity index is 979. The van der Waals surface area contributed by atoms with E-state index < -0.39 is 17.7 Å². The van der Waals surface area contributed by atoms with E-state index in [9.17, 15) is 14.4 Å². The molecule has 2 rings (SSSR count). The van der Waals surface area contributed by atoms with Crippen LogP contribution in [0.2, 0.25) is 0 Å². The van der Waals surface area contributed by atoms with Crippen LogP contribution >= 0.6 is 0 Å². The molecule has 3 amide bonds. The van der Waals surface area contributed by atoms with Crippen LogP contribution in [0, 0.1) is 0 Å². The molecule has 3 N–H and O–H groups in total. The van der Waals surface area contributed by atoms with Gasteiger partial charge in [0.2, 0.25) is 0 Å². The molecule has 0 heterocycles. The Labute approximate surface area is 192 Å². The van der Waals surface area contributed by atoms with Crippen molar-refractivity contribution >= 4 is 17.7 Å². The number of hydrazine groups is 1. The molecule has 0 aliphatic carbocycles. The monoisotopic (exact) mass is 459 g/mol. The van der Waals surface area contributed by atoms with Gasteiger partial charge in [0.15, 0.2) is 23.0 Å². The van der Waals surface area contributed by atoms with E-state index >= 15 is 0 Å². The summed E-state index contributed by atoms with van der Waals surface area (Å²) in [6.07, 6.45) is 1.90. The molecule has 0 spiro atoms. The number of amides is 3. The number of methoxy groups -OCH3 is 3. The number of carbonyl (C=O) groups excluding carboxylic acids is 3. The van der Waals surface area contributed by atoms with Crippen LogP contribution in [0.25, 0.3) is 0 Å². The van der Waals surface area contributed by atoms with Crippen LogP contribution in [0.1, 0.15) is 40.5 Å². The number of carbonyl (C=O) groups is 3. The number of hydrogen-bond acceptors (Lipinski definition) is 7. The van der Waals surface area contributed by atoms with Crippen molar-refractivity contribution in [3.63, 3.8) is 0 Å². The van der Waals surface area contributed by atoms with Gasteiger partial charge in [0.05, 0.1) is 34.5 Å². The van der Waals surface area contributed by atoms with Crippen LogP contribution < -0.4 is 35.1 Å². The highest BCUT2D eigenvalue weighted by Gasteiger charge is 2.14. The zero-order chi connectivity index (χ0) is 24.2. The zero-order valence-corrected chi connectivity index (χ0v) is 19.2. The molecule has 0 unspecified atom stereocenters. The average molecular weight is 459 g/mol. The predicted octanol–water partition coefficient (Wildman–Crippen LogP) is 2.08. The Balaban J connectivity index is 1.86. The van der Waals surface area contributed by atoms with E-state index in [1.165, 1.54) is 33.5 Å². The van der Waals surface area contributed by atoms with Crippen LogP contribution in [0.15, 0.2) is 36.4 Å². The first-order valence-electron chi connectivity index (χ1n) is 10.3. The summed E-state index contributed by atoms with van der Waals surface area (Å²) < 4.78 is 21.2. The summed E-state index contributed by atoms with van der Waals surface area (Å²) in [5, 5.41) is 2.47. The number of benzene rings is 2. The van der Waals surface area contributed by atoms with Crippen molar-refractivity contribution < 1.29 is 33.3 Å². The first-order valence-corrected chi connectivity index (χ1v) is 10.3. The lowest BCUT2D eigenvalue weighted by Crippen LogP contribution is -2.46. The molecule has 10 heteroatoms. The predicted molar refractivity (Wildman–Crippen MR) is 121 cm³/mol. The van der Waals surface area contributed by atoms with Gasteiger partial charge in [0.25, 0.3) is 17.7 Å². The molecular formula is C23H29N3O7. The van der Waals surface area contributed by atoms with Crippen molar-refractivity contribution in [2.75, 3.05) is 34.5 Å². The summed E-state index contributed by atoms with van der Waals surface area (Å²) in [6, 6.07) is 9.33. The number of unbranched alkanes of at least 4 members (excludes halogenated alkanes) is 1. The zero-order valence-electron chi connectivity index (χ0n) is 19.2. The van der Waals surface area contributed by atoms with E-state index in [4.69, 9.17) is 18.9 Å². The number of nitrogens with one attached hydrogen (secondary N) is 3. The fraction of sp³-hybridized carbons (Fsp3) is 0.348. The van der Waals surface area contributed by atoms with Crippen LogP contribution in [0.5, 0.6) is 23.0 Å². The fourth-order valence-electron chi connectivity index (χ4n) is 2.74. The first kappa shape index (κ1) is 25.3.